The van der Waals surface area contributed by atoms with Gasteiger partial charge in [0.2, 0.25) is 0 Å². The molecule has 1 heterocycles. The Morgan fingerprint density at radius 2 is 2.29 bits per heavy atom. The molecule has 0 aromatic carbocycles. The van der Waals surface area contributed by atoms with Crippen molar-refractivity contribution in [1.29, 1.82) is 0 Å². The Labute approximate surface area is 109 Å². The highest BCUT2D eigenvalue weighted by Crippen LogP contribution is 2.58. The average molecular weight is 256 g/mol. The van der Waals surface area contributed by atoms with Gasteiger partial charge in [-0.3, -0.25) is 4.68 Å². The molecule has 1 N–H and O–H groups in total. The maximum absolute atomic E-state index is 6.30. The fourth-order valence-electron chi connectivity index (χ4n) is 2.68. The van der Waals surface area contributed by atoms with E-state index in [2.05, 4.69) is 35.9 Å². The molecule has 0 saturated heterocycles. The van der Waals surface area contributed by atoms with E-state index in [0.29, 0.717) is 17.4 Å². The van der Waals surface area contributed by atoms with E-state index in [1.54, 1.807) is 6.20 Å². The van der Waals surface area contributed by atoms with Crippen molar-refractivity contribution < 1.29 is 0 Å². The number of nitrogens with one attached hydrogen (secondary N) is 1. The van der Waals surface area contributed by atoms with Crippen LogP contribution in [0.4, 0.5) is 0 Å². The van der Waals surface area contributed by atoms with E-state index in [-0.39, 0.29) is 0 Å². The quantitative estimate of drug-likeness (QED) is 0.875. The lowest BCUT2D eigenvalue weighted by Crippen LogP contribution is -2.24. The molecule has 17 heavy (non-hydrogen) atoms. The second kappa shape index (κ2) is 4.62. The van der Waals surface area contributed by atoms with E-state index in [4.69, 9.17) is 11.6 Å². The molecular formula is C13H22ClN3. The largest absolute Gasteiger partial charge is 0.311 e. The number of hydrogen-bond donors (Lipinski definition) is 1. The standard InChI is InChI=1S/C13H22ClN3/c1-5-6-17-12(10(14)8-16-17)11(15-4)9-7-13(9,2)3/h8-9,11,15H,5-7H2,1-4H3. The minimum absolute atomic E-state index is 0.326. The third kappa shape index (κ3) is 2.36. The summed E-state index contributed by atoms with van der Waals surface area (Å²) in [5.41, 5.74) is 1.59. The maximum Gasteiger partial charge on any atom is 0.0834 e. The van der Waals surface area contributed by atoms with Crippen LogP contribution >= 0.6 is 11.6 Å². The van der Waals surface area contributed by atoms with Gasteiger partial charge in [-0.2, -0.15) is 5.10 Å². The molecule has 1 aromatic rings. The average Bonchev–Trinajstić information content (AvgIpc) is 2.74. The van der Waals surface area contributed by atoms with Gasteiger partial charge >= 0.3 is 0 Å². The number of rotatable bonds is 5. The number of hydrogen-bond acceptors (Lipinski definition) is 2. The molecule has 0 radical (unpaired) electrons. The van der Waals surface area contributed by atoms with Gasteiger partial charge in [-0.15, -0.1) is 0 Å². The summed E-state index contributed by atoms with van der Waals surface area (Å²) in [5.74, 6) is 0.664. The Kier molecular flexibility index (Phi) is 3.50. The third-order valence-corrected chi connectivity index (χ3v) is 4.16. The second-order valence-electron chi connectivity index (χ2n) is 5.67. The van der Waals surface area contributed by atoms with Crippen LogP contribution in [-0.4, -0.2) is 16.8 Å². The Morgan fingerprint density at radius 1 is 1.65 bits per heavy atom. The minimum Gasteiger partial charge on any atom is -0.311 e. The summed E-state index contributed by atoms with van der Waals surface area (Å²) in [5, 5.41) is 8.59. The van der Waals surface area contributed by atoms with Crippen LogP contribution in [0, 0.1) is 11.3 Å². The van der Waals surface area contributed by atoms with E-state index in [1.165, 1.54) is 6.42 Å². The lowest BCUT2D eigenvalue weighted by Gasteiger charge is -2.20. The van der Waals surface area contributed by atoms with Crippen molar-refractivity contribution in [2.75, 3.05) is 7.05 Å². The molecule has 1 aliphatic carbocycles. The van der Waals surface area contributed by atoms with Crippen LogP contribution < -0.4 is 5.32 Å². The Bertz CT molecular complexity index is 397. The summed E-state index contributed by atoms with van der Waals surface area (Å²) in [7, 11) is 2.01. The molecule has 1 saturated carbocycles. The topological polar surface area (TPSA) is 29.9 Å². The van der Waals surface area contributed by atoms with Crippen molar-refractivity contribution in [2.24, 2.45) is 11.3 Å². The summed E-state index contributed by atoms with van der Waals surface area (Å²) in [6.45, 7) is 7.73. The Balaban J connectivity index is 2.27. The van der Waals surface area contributed by atoms with Crippen LogP contribution in [0.25, 0.3) is 0 Å². The predicted molar refractivity (Wildman–Crippen MR) is 71.2 cm³/mol. The van der Waals surface area contributed by atoms with Gasteiger partial charge in [0.25, 0.3) is 0 Å². The molecule has 1 fully saturated rings. The van der Waals surface area contributed by atoms with Crippen LogP contribution in [0.3, 0.4) is 0 Å². The lowest BCUT2D eigenvalue weighted by molar-refractivity contribution is 0.408. The summed E-state index contributed by atoms with van der Waals surface area (Å²) >= 11 is 6.30. The smallest absolute Gasteiger partial charge is 0.0834 e. The van der Waals surface area contributed by atoms with Crippen molar-refractivity contribution in [3.05, 3.63) is 16.9 Å². The first-order chi connectivity index (χ1) is 8.01. The van der Waals surface area contributed by atoms with Crippen LogP contribution in [0.5, 0.6) is 0 Å². The van der Waals surface area contributed by atoms with Crippen molar-refractivity contribution >= 4 is 11.6 Å². The van der Waals surface area contributed by atoms with Crippen molar-refractivity contribution in [1.82, 2.24) is 15.1 Å². The summed E-state index contributed by atoms with van der Waals surface area (Å²) in [6.07, 6.45) is 4.11. The zero-order valence-corrected chi connectivity index (χ0v) is 11.9. The highest BCUT2D eigenvalue weighted by Gasteiger charge is 2.51. The van der Waals surface area contributed by atoms with Crippen LogP contribution in [0.15, 0.2) is 6.20 Å². The van der Waals surface area contributed by atoms with Crippen LogP contribution in [-0.2, 0) is 6.54 Å². The number of aromatic nitrogens is 2. The second-order valence-corrected chi connectivity index (χ2v) is 6.07. The third-order valence-electron chi connectivity index (χ3n) is 3.87. The molecule has 0 spiro atoms. The first-order valence-electron chi connectivity index (χ1n) is 6.39. The Morgan fingerprint density at radius 3 is 2.76 bits per heavy atom. The van der Waals surface area contributed by atoms with Gasteiger partial charge in [0.1, 0.15) is 0 Å². The molecule has 4 heteroatoms. The molecule has 1 aliphatic rings. The molecule has 1 aromatic heterocycles. The molecule has 96 valence electrons. The van der Waals surface area contributed by atoms with E-state index in [1.807, 2.05) is 7.05 Å². The van der Waals surface area contributed by atoms with Gasteiger partial charge in [-0.05, 0) is 31.2 Å². The molecular weight excluding hydrogens is 234 g/mol. The molecule has 2 atom stereocenters. The normalized spacial score (nSPS) is 23.7. The molecule has 0 amide bonds. The highest BCUT2D eigenvalue weighted by atomic mass is 35.5. The molecule has 0 aliphatic heterocycles. The molecule has 0 bridgehead atoms. The predicted octanol–water partition coefficient (Wildman–Crippen LogP) is 3.25. The maximum atomic E-state index is 6.30. The monoisotopic (exact) mass is 255 g/mol. The first kappa shape index (κ1) is 12.9. The van der Waals surface area contributed by atoms with E-state index >= 15 is 0 Å². The van der Waals surface area contributed by atoms with Crippen LogP contribution in [0.1, 0.15) is 45.3 Å². The van der Waals surface area contributed by atoms with Crippen molar-refractivity contribution in [2.45, 2.75) is 46.2 Å². The van der Waals surface area contributed by atoms with Crippen LogP contribution in [0.2, 0.25) is 5.02 Å². The number of halogens is 1. The fourth-order valence-corrected chi connectivity index (χ4v) is 2.94. The number of nitrogens with zero attached hydrogens (tertiary/aromatic N) is 2. The number of aryl methyl sites for hydroxylation is 1. The first-order valence-corrected chi connectivity index (χ1v) is 6.77. The minimum atomic E-state index is 0.326. The molecule has 2 unspecified atom stereocenters. The highest BCUT2D eigenvalue weighted by molar-refractivity contribution is 6.31. The van der Waals surface area contributed by atoms with Gasteiger partial charge in [0.05, 0.1) is 23.0 Å². The Hall–Kier alpha value is -0.540. The zero-order valence-electron chi connectivity index (χ0n) is 11.1. The van der Waals surface area contributed by atoms with Gasteiger partial charge < -0.3 is 5.32 Å². The van der Waals surface area contributed by atoms with Gasteiger partial charge in [-0.1, -0.05) is 32.4 Å². The summed E-state index contributed by atoms with van der Waals surface area (Å²) in [4.78, 5) is 0. The molecule has 3 nitrogen and oxygen atoms in total. The van der Waals surface area contributed by atoms with E-state index in [0.717, 1.165) is 23.7 Å². The summed E-state index contributed by atoms with van der Waals surface area (Å²) < 4.78 is 2.05. The fraction of sp³-hybridized carbons (Fsp3) is 0.769. The van der Waals surface area contributed by atoms with Gasteiger partial charge in [0.15, 0.2) is 0 Å². The summed E-state index contributed by atoms with van der Waals surface area (Å²) in [6, 6.07) is 0.326. The van der Waals surface area contributed by atoms with Gasteiger partial charge in [0, 0.05) is 6.54 Å². The van der Waals surface area contributed by atoms with Crippen molar-refractivity contribution in [3.63, 3.8) is 0 Å². The van der Waals surface area contributed by atoms with Crippen molar-refractivity contribution in [3.8, 4) is 0 Å². The zero-order chi connectivity index (χ0) is 12.6. The lowest BCUT2D eigenvalue weighted by atomic mass is 10.0. The van der Waals surface area contributed by atoms with E-state index < -0.39 is 0 Å². The SMILES string of the molecule is CCCn1ncc(Cl)c1C(NC)C1CC1(C)C. The molecule has 2 rings (SSSR count). The van der Waals surface area contributed by atoms with Gasteiger partial charge in [-0.25, -0.2) is 0 Å². The van der Waals surface area contributed by atoms with E-state index in [9.17, 15) is 0 Å².